The van der Waals surface area contributed by atoms with Crippen molar-refractivity contribution in [1.82, 2.24) is 19.9 Å². The molecular formula is C32H35N5O2S. The lowest BCUT2D eigenvalue weighted by Gasteiger charge is -2.38. The summed E-state index contributed by atoms with van der Waals surface area (Å²) in [5.74, 6) is 1.56. The molecule has 7 nitrogen and oxygen atoms in total. The van der Waals surface area contributed by atoms with Crippen LogP contribution in [0.1, 0.15) is 34.4 Å². The summed E-state index contributed by atoms with van der Waals surface area (Å²) in [7, 11) is 0. The second-order valence-corrected chi connectivity index (χ2v) is 12.3. The number of anilines is 1. The number of hydrogen-bond donors (Lipinski definition) is 1. The molecule has 0 spiro atoms. The normalized spacial score (nSPS) is 21.1. The molecule has 0 amide bonds. The Bertz CT molecular complexity index is 1480. The molecule has 2 aliphatic rings. The number of aryl methyl sites for hydroxylation is 3. The number of aromatic nitrogens is 3. The third kappa shape index (κ3) is 5.99. The zero-order valence-electron chi connectivity index (χ0n) is 23.3. The predicted molar refractivity (Wildman–Crippen MR) is 158 cm³/mol. The Morgan fingerprint density at radius 3 is 2.62 bits per heavy atom. The van der Waals surface area contributed by atoms with Crippen LogP contribution in [0.15, 0.2) is 71.8 Å². The number of pyridine rings is 1. The third-order valence-electron chi connectivity index (χ3n) is 8.03. The van der Waals surface area contributed by atoms with Crippen LogP contribution < -0.4 is 9.46 Å². The summed E-state index contributed by atoms with van der Waals surface area (Å²) >= 11 is -1.50. The highest BCUT2D eigenvalue weighted by molar-refractivity contribution is 7.92. The minimum absolute atomic E-state index is 0.298. The van der Waals surface area contributed by atoms with Crippen molar-refractivity contribution >= 4 is 17.3 Å². The van der Waals surface area contributed by atoms with Crippen LogP contribution >= 0.6 is 0 Å². The third-order valence-corrected chi connectivity index (χ3v) is 9.08. The molecule has 40 heavy (non-hydrogen) atoms. The molecule has 2 aliphatic heterocycles. The van der Waals surface area contributed by atoms with E-state index in [4.69, 9.17) is 9.72 Å². The van der Waals surface area contributed by atoms with E-state index >= 15 is 0 Å². The van der Waals surface area contributed by atoms with E-state index in [1.54, 1.807) is 0 Å². The summed E-state index contributed by atoms with van der Waals surface area (Å²) in [6, 6.07) is 20.5. The number of ether oxygens (including phenoxy) is 1. The Hall–Kier alpha value is -3.46. The van der Waals surface area contributed by atoms with Crippen molar-refractivity contribution < 1.29 is 9.29 Å². The second-order valence-electron chi connectivity index (χ2n) is 11.1. The molecule has 4 bridgehead atoms. The quantitative estimate of drug-likeness (QED) is 0.327. The molecule has 1 fully saturated rings. The number of likely N-dealkylation sites (tertiary alicyclic amines) is 1. The maximum atomic E-state index is 13.4. The van der Waals surface area contributed by atoms with E-state index < -0.39 is 11.4 Å². The highest BCUT2D eigenvalue weighted by Gasteiger charge is 2.31. The van der Waals surface area contributed by atoms with Gasteiger partial charge in [-0.1, -0.05) is 36.4 Å². The van der Waals surface area contributed by atoms with Crippen LogP contribution in [0, 0.1) is 32.6 Å². The Kier molecular flexibility index (Phi) is 7.74. The van der Waals surface area contributed by atoms with Gasteiger partial charge in [0.1, 0.15) is 11.4 Å². The van der Waals surface area contributed by atoms with Gasteiger partial charge in [-0.05, 0) is 86.5 Å². The van der Waals surface area contributed by atoms with Gasteiger partial charge in [0.15, 0.2) is 4.90 Å². The maximum Gasteiger partial charge on any atom is 0.269 e. The molecule has 1 saturated heterocycles. The summed E-state index contributed by atoms with van der Waals surface area (Å²) < 4.78 is 22.8. The minimum Gasteiger partial charge on any atom is -0.588 e. The van der Waals surface area contributed by atoms with Crippen molar-refractivity contribution in [2.45, 2.75) is 45.1 Å². The molecule has 1 N–H and O–H groups in total. The first-order chi connectivity index (χ1) is 19.4. The topological polar surface area (TPSA) is 86.2 Å². The van der Waals surface area contributed by atoms with Gasteiger partial charge in [-0.2, -0.15) is 9.71 Å². The molecular weight excluding hydrogens is 518 g/mol. The first-order valence-corrected chi connectivity index (χ1v) is 15.1. The zero-order chi connectivity index (χ0) is 27.6. The minimum atomic E-state index is -1.50. The second kappa shape index (κ2) is 11.6. The smallest absolute Gasteiger partial charge is 0.269 e. The average molecular weight is 554 g/mol. The Morgan fingerprint density at radius 2 is 1.82 bits per heavy atom. The summed E-state index contributed by atoms with van der Waals surface area (Å²) in [6.07, 6.45) is 3.98. The number of rotatable bonds is 3. The number of piperidine rings is 1. The van der Waals surface area contributed by atoms with Crippen molar-refractivity contribution in [1.29, 1.82) is 0 Å². The monoisotopic (exact) mass is 553 g/mol. The summed E-state index contributed by atoms with van der Waals surface area (Å²) in [5, 5.41) is 0. The van der Waals surface area contributed by atoms with Crippen molar-refractivity contribution in [2.75, 3.05) is 24.4 Å². The Balaban J connectivity index is 1.34. The van der Waals surface area contributed by atoms with Gasteiger partial charge in [0.05, 0.1) is 12.3 Å². The molecule has 0 aliphatic carbocycles. The lowest BCUT2D eigenvalue weighted by Crippen LogP contribution is -2.43. The first kappa shape index (κ1) is 26.7. The van der Waals surface area contributed by atoms with Gasteiger partial charge in [0.2, 0.25) is 5.88 Å². The fourth-order valence-electron chi connectivity index (χ4n) is 5.92. The van der Waals surface area contributed by atoms with Gasteiger partial charge in [0, 0.05) is 42.5 Å². The van der Waals surface area contributed by atoms with Gasteiger partial charge < -0.3 is 9.29 Å². The molecule has 2 unspecified atom stereocenters. The molecule has 0 radical (unpaired) electrons. The van der Waals surface area contributed by atoms with Crippen LogP contribution in [0.2, 0.25) is 0 Å². The van der Waals surface area contributed by atoms with Crippen LogP contribution in [0.3, 0.4) is 0 Å². The number of fused-ring (bicyclic) bond motifs is 5. The van der Waals surface area contributed by atoms with Gasteiger partial charge in [0.25, 0.3) is 5.95 Å². The van der Waals surface area contributed by atoms with Crippen LogP contribution in [0.25, 0.3) is 11.3 Å². The summed E-state index contributed by atoms with van der Waals surface area (Å²) in [6.45, 7) is 9.57. The highest BCUT2D eigenvalue weighted by Crippen LogP contribution is 2.33. The SMILES string of the molecule is Cc1ccc(CN2CCC3Cc4cccc(c4)[S+]([O-])Nc4nc(cc(-c5c(C)cccc5C)n4)OC[C@H]3C2)cn1. The van der Waals surface area contributed by atoms with Crippen molar-refractivity contribution in [2.24, 2.45) is 11.8 Å². The first-order valence-electron chi connectivity index (χ1n) is 13.9. The fraction of sp³-hybridized carbons (Fsp3) is 0.344. The van der Waals surface area contributed by atoms with Gasteiger partial charge in [-0.25, -0.2) is 4.98 Å². The molecule has 4 aromatic rings. The fourth-order valence-corrected chi connectivity index (χ4v) is 6.76. The van der Waals surface area contributed by atoms with Crippen LogP contribution in [0.4, 0.5) is 5.95 Å². The van der Waals surface area contributed by atoms with E-state index in [9.17, 15) is 4.55 Å². The average Bonchev–Trinajstić information content (AvgIpc) is 2.94. The molecule has 8 heteroatoms. The van der Waals surface area contributed by atoms with Crippen molar-refractivity contribution in [3.63, 3.8) is 0 Å². The van der Waals surface area contributed by atoms with E-state index in [1.165, 1.54) is 11.1 Å². The van der Waals surface area contributed by atoms with Gasteiger partial charge >= 0.3 is 0 Å². The molecule has 4 heterocycles. The van der Waals surface area contributed by atoms with Crippen molar-refractivity contribution in [3.05, 3.63) is 94.8 Å². The van der Waals surface area contributed by atoms with E-state index in [1.807, 2.05) is 37.4 Å². The molecule has 206 valence electrons. The molecule has 2 aromatic carbocycles. The van der Waals surface area contributed by atoms with Crippen LogP contribution in [-0.4, -0.2) is 44.1 Å². The van der Waals surface area contributed by atoms with Crippen LogP contribution in [-0.2, 0) is 24.3 Å². The highest BCUT2D eigenvalue weighted by atomic mass is 32.2. The predicted octanol–water partition coefficient (Wildman–Crippen LogP) is 5.67. The number of hydrogen-bond acceptors (Lipinski definition) is 7. The number of nitrogens with one attached hydrogen (secondary N) is 1. The van der Waals surface area contributed by atoms with E-state index in [2.05, 4.69) is 69.8 Å². The summed E-state index contributed by atoms with van der Waals surface area (Å²) in [4.78, 5) is 17.1. The van der Waals surface area contributed by atoms with E-state index in [-0.39, 0.29) is 0 Å². The largest absolute Gasteiger partial charge is 0.588 e. The molecule has 3 atom stereocenters. The molecule has 6 rings (SSSR count). The van der Waals surface area contributed by atoms with E-state index in [0.717, 1.165) is 65.4 Å². The molecule has 2 aromatic heterocycles. The number of benzene rings is 2. The lowest BCUT2D eigenvalue weighted by molar-refractivity contribution is 0.0746. The standard InChI is InChI=1S/C32H35N5O2S/c1-21-6-4-7-22(2)31(21)29-16-30-35-32(34-29)36-40(38)28-9-5-8-24(15-28)14-26-12-13-37(19-27(26)20-39-30)18-25-11-10-23(3)33-17-25/h4-11,15-17,26-27H,12-14,18-20H2,1-3H3,(H,34,35,36)/t26?,27-,40?/m1/s1. The zero-order valence-corrected chi connectivity index (χ0v) is 24.1. The van der Waals surface area contributed by atoms with Gasteiger partial charge in [-0.15, -0.1) is 0 Å². The van der Waals surface area contributed by atoms with E-state index in [0.29, 0.717) is 30.3 Å². The van der Waals surface area contributed by atoms with Gasteiger partial charge in [-0.3, -0.25) is 9.88 Å². The Labute approximate surface area is 239 Å². The number of nitrogens with zero attached hydrogens (tertiary/aromatic N) is 4. The van der Waals surface area contributed by atoms with Crippen LogP contribution in [0.5, 0.6) is 5.88 Å². The summed E-state index contributed by atoms with van der Waals surface area (Å²) in [5.41, 5.74) is 7.51. The Morgan fingerprint density at radius 1 is 1.00 bits per heavy atom. The lowest BCUT2D eigenvalue weighted by atomic mass is 9.81. The molecule has 0 saturated carbocycles. The maximum absolute atomic E-state index is 13.4. The van der Waals surface area contributed by atoms with Crippen molar-refractivity contribution in [3.8, 4) is 17.1 Å².